The first-order valence-electron chi connectivity index (χ1n) is 11.3. The van der Waals surface area contributed by atoms with Gasteiger partial charge in [0.2, 0.25) is 0 Å². The molecule has 0 saturated carbocycles. The molecule has 34 heavy (non-hydrogen) atoms. The molecule has 172 valence electrons. The Balaban J connectivity index is 1.28. The van der Waals surface area contributed by atoms with E-state index in [0.717, 1.165) is 26.1 Å². The summed E-state index contributed by atoms with van der Waals surface area (Å²) in [6.07, 6.45) is 3.99. The largest absolute Gasteiger partial charge is 0.348 e. The zero-order chi connectivity index (χ0) is 23.5. The molecule has 3 heterocycles. The van der Waals surface area contributed by atoms with Crippen molar-refractivity contribution in [2.75, 3.05) is 13.1 Å². The van der Waals surface area contributed by atoms with E-state index in [1.807, 2.05) is 18.2 Å². The zero-order valence-corrected chi connectivity index (χ0v) is 18.9. The Bertz CT molecular complexity index is 1310. The molecule has 0 radical (unpaired) electrons. The van der Waals surface area contributed by atoms with E-state index in [1.165, 1.54) is 22.5 Å². The van der Waals surface area contributed by atoms with Crippen LogP contribution >= 0.6 is 0 Å². The van der Waals surface area contributed by atoms with Gasteiger partial charge in [0.15, 0.2) is 0 Å². The number of aromatic nitrogens is 4. The van der Waals surface area contributed by atoms with Crippen molar-refractivity contribution in [1.29, 1.82) is 0 Å². The third-order valence-corrected chi connectivity index (χ3v) is 6.09. The van der Waals surface area contributed by atoms with E-state index in [-0.39, 0.29) is 23.7 Å². The second-order valence-corrected chi connectivity index (χ2v) is 8.46. The van der Waals surface area contributed by atoms with Crippen molar-refractivity contribution < 1.29 is 9.18 Å². The van der Waals surface area contributed by atoms with Crippen molar-refractivity contribution in [1.82, 2.24) is 30.0 Å². The molecule has 1 fully saturated rings. The number of hydrogen-bond acceptors (Lipinski definition) is 5. The first-order chi connectivity index (χ1) is 16.6. The maximum Gasteiger partial charge on any atom is 0.255 e. The zero-order valence-electron chi connectivity index (χ0n) is 18.9. The molecule has 0 spiro atoms. The smallest absolute Gasteiger partial charge is 0.255 e. The number of amides is 1. The summed E-state index contributed by atoms with van der Waals surface area (Å²) in [5.74, 6) is -0.241. The van der Waals surface area contributed by atoms with Crippen LogP contribution in [-0.4, -0.2) is 49.7 Å². The van der Waals surface area contributed by atoms with Gasteiger partial charge in [-0.25, -0.2) is 19.0 Å². The fourth-order valence-electron chi connectivity index (χ4n) is 4.30. The molecule has 7 nitrogen and oxygen atoms in total. The average Bonchev–Trinajstić information content (AvgIpc) is 3.46. The molecule has 1 saturated heterocycles. The molecule has 0 bridgehead atoms. The van der Waals surface area contributed by atoms with Gasteiger partial charge in [-0.1, -0.05) is 42.5 Å². The summed E-state index contributed by atoms with van der Waals surface area (Å²) in [6.45, 7) is 4.42. The lowest BCUT2D eigenvalue weighted by Crippen LogP contribution is -2.37. The number of nitrogens with zero attached hydrogens (tertiary/aromatic N) is 5. The monoisotopic (exact) mass is 456 g/mol. The van der Waals surface area contributed by atoms with E-state index in [2.05, 4.69) is 37.4 Å². The third-order valence-electron chi connectivity index (χ3n) is 6.09. The Morgan fingerprint density at radius 3 is 2.74 bits per heavy atom. The van der Waals surface area contributed by atoms with Crippen LogP contribution in [0.3, 0.4) is 0 Å². The van der Waals surface area contributed by atoms with Gasteiger partial charge in [0.25, 0.3) is 11.9 Å². The number of benzene rings is 2. The van der Waals surface area contributed by atoms with Gasteiger partial charge in [-0.15, -0.1) is 0 Å². The molecule has 8 heteroatoms. The van der Waals surface area contributed by atoms with E-state index in [4.69, 9.17) is 0 Å². The molecule has 2 aromatic heterocycles. The fraction of sp³-hybridized carbons (Fsp3) is 0.231. The van der Waals surface area contributed by atoms with Crippen LogP contribution in [-0.2, 0) is 6.54 Å². The van der Waals surface area contributed by atoms with E-state index in [1.54, 1.807) is 37.4 Å². The van der Waals surface area contributed by atoms with E-state index in [0.29, 0.717) is 22.5 Å². The highest BCUT2D eigenvalue weighted by Crippen LogP contribution is 2.21. The predicted molar refractivity (Wildman–Crippen MR) is 127 cm³/mol. The number of carbonyl (C=O) groups excluding carboxylic acids is 1. The minimum atomic E-state index is -0.359. The molecule has 0 aliphatic carbocycles. The van der Waals surface area contributed by atoms with E-state index in [9.17, 15) is 9.18 Å². The Morgan fingerprint density at radius 1 is 1.12 bits per heavy atom. The Hall–Kier alpha value is -3.91. The van der Waals surface area contributed by atoms with Crippen LogP contribution in [0.4, 0.5) is 4.39 Å². The molecular formula is C26H25FN6O. The standard InChI is InChI=1S/C26H25FN6O/c1-18-22(25(34)30-20-12-14-32(17-20)16-19-7-3-2-4-8-19)15-29-33(18)26-28-13-11-24(31-26)21-9-5-6-10-23(21)27/h2-11,13,15,20H,12,14,16-17H2,1H3,(H,30,34). The van der Waals surface area contributed by atoms with E-state index < -0.39 is 0 Å². The molecule has 1 unspecified atom stereocenters. The van der Waals surface area contributed by atoms with Crippen LogP contribution in [0.2, 0.25) is 0 Å². The molecule has 2 aromatic carbocycles. The molecule has 1 aliphatic heterocycles. The Morgan fingerprint density at radius 2 is 1.91 bits per heavy atom. The Labute approximate surface area is 197 Å². The Kier molecular flexibility index (Phi) is 6.14. The van der Waals surface area contributed by atoms with Gasteiger partial charge in [0.1, 0.15) is 5.82 Å². The van der Waals surface area contributed by atoms with E-state index >= 15 is 0 Å². The summed E-state index contributed by atoms with van der Waals surface area (Å²) in [5, 5.41) is 7.47. The van der Waals surface area contributed by atoms with Gasteiger partial charge in [-0.2, -0.15) is 5.10 Å². The number of rotatable bonds is 6. The van der Waals surface area contributed by atoms with Crippen molar-refractivity contribution in [3.8, 4) is 17.2 Å². The summed E-state index contributed by atoms with van der Waals surface area (Å²) in [6, 6.07) is 18.5. The number of nitrogens with one attached hydrogen (secondary N) is 1. The predicted octanol–water partition coefficient (Wildman–Crippen LogP) is 3.78. The molecule has 4 aromatic rings. The molecule has 5 rings (SSSR count). The summed E-state index contributed by atoms with van der Waals surface area (Å²) in [4.78, 5) is 24.1. The van der Waals surface area contributed by atoms with Gasteiger partial charge < -0.3 is 5.32 Å². The maximum absolute atomic E-state index is 14.2. The molecule has 1 N–H and O–H groups in total. The first kappa shape index (κ1) is 21.9. The van der Waals surface area contributed by atoms with Crippen LogP contribution < -0.4 is 5.32 Å². The highest BCUT2D eigenvalue weighted by molar-refractivity contribution is 5.95. The highest BCUT2D eigenvalue weighted by atomic mass is 19.1. The quantitative estimate of drug-likeness (QED) is 0.478. The third kappa shape index (κ3) is 4.58. The fourth-order valence-corrected chi connectivity index (χ4v) is 4.30. The van der Waals surface area contributed by atoms with Gasteiger partial charge in [0, 0.05) is 37.4 Å². The number of halogens is 1. The van der Waals surface area contributed by atoms with Gasteiger partial charge in [-0.05, 0) is 37.1 Å². The van der Waals surface area contributed by atoms with Gasteiger partial charge >= 0.3 is 0 Å². The maximum atomic E-state index is 14.2. The van der Waals surface area contributed by atoms with Gasteiger partial charge in [0.05, 0.1) is 23.1 Å². The number of hydrogen-bond donors (Lipinski definition) is 1. The topological polar surface area (TPSA) is 75.9 Å². The number of carbonyl (C=O) groups is 1. The normalized spacial score (nSPS) is 16.0. The van der Waals surface area contributed by atoms with Crippen molar-refractivity contribution in [3.05, 3.63) is 95.7 Å². The van der Waals surface area contributed by atoms with Crippen molar-refractivity contribution >= 4 is 5.91 Å². The van der Waals surface area contributed by atoms with Crippen molar-refractivity contribution in [2.45, 2.75) is 25.9 Å². The molecule has 1 aliphatic rings. The first-order valence-corrected chi connectivity index (χ1v) is 11.3. The van der Waals surface area contributed by atoms with Crippen LogP contribution in [0, 0.1) is 12.7 Å². The van der Waals surface area contributed by atoms with Crippen LogP contribution in [0.15, 0.2) is 73.1 Å². The molecular weight excluding hydrogens is 431 g/mol. The van der Waals surface area contributed by atoms with Crippen LogP contribution in [0.5, 0.6) is 0 Å². The average molecular weight is 457 g/mol. The second-order valence-electron chi connectivity index (χ2n) is 8.46. The lowest BCUT2D eigenvalue weighted by Gasteiger charge is -2.16. The highest BCUT2D eigenvalue weighted by Gasteiger charge is 2.26. The number of likely N-dealkylation sites (tertiary alicyclic amines) is 1. The summed E-state index contributed by atoms with van der Waals surface area (Å²) in [7, 11) is 0. The lowest BCUT2D eigenvalue weighted by molar-refractivity contribution is 0.0937. The summed E-state index contributed by atoms with van der Waals surface area (Å²) >= 11 is 0. The van der Waals surface area contributed by atoms with Crippen molar-refractivity contribution in [3.63, 3.8) is 0 Å². The minimum absolute atomic E-state index is 0.0830. The second kappa shape index (κ2) is 9.52. The SMILES string of the molecule is Cc1c(C(=O)NC2CCN(Cc3ccccc3)C2)cnn1-c1nccc(-c2ccccc2F)n1. The molecule has 1 atom stereocenters. The summed E-state index contributed by atoms with van der Waals surface area (Å²) in [5.41, 5.74) is 3.21. The van der Waals surface area contributed by atoms with Crippen LogP contribution in [0.1, 0.15) is 28.0 Å². The lowest BCUT2D eigenvalue weighted by atomic mass is 10.1. The van der Waals surface area contributed by atoms with Gasteiger partial charge in [-0.3, -0.25) is 9.69 Å². The van der Waals surface area contributed by atoms with Crippen molar-refractivity contribution in [2.24, 2.45) is 0 Å². The van der Waals surface area contributed by atoms with Crippen LogP contribution in [0.25, 0.3) is 17.2 Å². The summed E-state index contributed by atoms with van der Waals surface area (Å²) < 4.78 is 15.7. The minimum Gasteiger partial charge on any atom is -0.348 e. The molecule has 1 amide bonds.